The normalized spacial score (nSPS) is 10.2. The molecule has 0 aliphatic rings. The van der Waals surface area contributed by atoms with Gasteiger partial charge in [-0.25, -0.2) is 4.98 Å². The summed E-state index contributed by atoms with van der Waals surface area (Å²) in [5.74, 6) is 0.768. The van der Waals surface area contributed by atoms with E-state index < -0.39 is 0 Å². The summed E-state index contributed by atoms with van der Waals surface area (Å²) >= 11 is 0. The first kappa shape index (κ1) is 13.9. The van der Waals surface area contributed by atoms with Crippen molar-refractivity contribution in [3.63, 3.8) is 0 Å². The molecule has 0 bridgehead atoms. The smallest absolute Gasteiger partial charge is 0.114 e. The van der Waals surface area contributed by atoms with Crippen molar-refractivity contribution in [1.82, 2.24) is 9.55 Å². The summed E-state index contributed by atoms with van der Waals surface area (Å²) < 4.78 is 1.99. The van der Waals surface area contributed by atoms with Crippen LogP contribution in [0, 0.1) is 0 Å². The molecule has 22 heavy (non-hydrogen) atoms. The molecule has 0 unspecified atom stereocenters. The van der Waals surface area contributed by atoms with Crippen LogP contribution >= 0.6 is 0 Å². The van der Waals surface area contributed by atoms with Crippen LogP contribution in [0.5, 0.6) is 0 Å². The summed E-state index contributed by atoms with van der Waals surface area (Å²) in [4.78, 5) is 6.99. The predicted octanol–water partition coefficient (Wildman–Crippen LogP) is 4.41. The lowest BCUT2D eigenvalue weighted by atomic mass is 10.0. The van der Waals surface area contributed by atoms with E-state index in [9.17, 15) is 0 Å². The summed E-state index contributed by atoms with van der Waals surface area (Å²) in [6.45, 7) is 0.983. The number of rotatable bonds is 5. The molecular weight excluding hydrogens is 274 g/mol. The zero-order valence-electron chi connectivity index (χ0n) is 12.0. The SMILES string of the molecule is [N-]=[N+]=NCc1nccn1Cc1ccc(-c2ccccc2)cc1. The molecule has 0 fully saturated rings. The third kappa shape index (κ3) is 3.16. The van der Waals surface area contributed by atoms with E-state index in [1.165, 1.54) is 16.7 Å². The van der Waals surface area contributed by atoms with Crippen molar-refractivity contribution in [1.29, 1.82) is 0 Å². The van der Waals surface area contributed by atoms with Gasteiger partial charge in [-0.1, -0.05) is 59.7 Å². The largest absolute Gasteiger partial charge is 0.330 e. The van der Waals surface area contributed by atoms with E-state index in [4.69, 9.17) is 5.53 Å². The number of hydrogen-bond donors (Lipinski definition) is 0. The highest BCUT2D eigenvalue weighted by Crippen LogP contribution is 2.19. The fourth-order valence-electron chi connectivity index (χ4n) is 2.36. The minimum absolute atomic E-state index is 0.269. The number of nitrogens with zero attached hydrogens (tertiary/aromatic N) is 5. The third-order valence-corrected chi connectivity index (χ3v) is 3.49. The second-order valence-electron chi connectivity index (χ2n) is 4.92. The molecule has 0 spiro atoms. The molecule has 3 aromatic rings. The summed E-state index contributed by atoms with van der Waals surface area (Å²) in [7, 11) is 0. The van der Waals surface area contributed by atoms with Crippen molar-refractivity contribution in [3.05, 3.63) is 88.8 Å². The Hall–Kier alpha value is -3.04. The molecule has 2 aromatic carbocycles. The monoisotopic (exact) mass is 289 g/mol. The average molecular weight is 289 g/mol. The fraction of sp³-hybridized carbons (Fsp3) is 0.118. The van der Waals surface area contributed by atoms with Gasteiger partial charge in [0.2, 0.25) is 0 Å². The minimum Gasteiger partial charge on any atom is -0.330 e. The molecule has 3 rings (SSSR count). The molecule has 1 aromatic heterocycles. The molecule has 0 amide bonds. The lowest BCUT2D eigenvalue weighted by molar-refractivity contribution is 0.722. The Morgan fingerprint density at radius 3 is 2.45 bits per heavy atom. The van der Waals surface area contributed by atoms with Crippen LogP contribution in [0.3, 0.4) is 0 Å². The molecule has 0 aliphatic carbocycles. The average Bonchev–Trinajstić information content (AvgIpc) is 3.01. The highest BCUT2D eigenvalue weighted by Gasteiger charge is 2.03. The Kier molecular flexibility index (Phi) is 4.18. The molecular formula is C17H15N5. The zero-order valence-corrected chi connectivity index (χ0v) is 12.0. The van der Waals surface area contributed by atoms with Gasteiger partial charge in [-0.2, -0.15) is 0 Å². The van der Waals surface area contributed by atoms with Gasteiger partial charge in [-0.15, -0.1) is 0 Å². The molecule has 108 valence electrons. The molecule has 0 radical (unpaired) electrons. The summed E-state index contributed by atoms with van der Waals surface area (Å²) in [6, 6.07) is 18.8. The lowest BCUT2D eigenvalue weighted by Crippen LogP contribution is -2.03. The highest BCUT2D eigenvalue weighted by molar-refractivity contribution is 5.63. The minimum atomic E-state index is 0.269. The van der Waals surface area contributed by atoms with Crippen molar-refractivity contribution in [2.45, 2.75) is 13.1 Å². The van der Waals surface area contributed by atoms with Gasteiger partial charge in [-0.3, -0.25) is 0 Å². The summed E-state index contributed by atoms with van der Waals surface area (Å²) in [6.07, 6.45) is 3.62. The van der Waals surface area contributed by atoms with Gasteiger partial charge in [0.05, 0.1) is 6.54 Å². The van der Waals surface area contributed by atoms with Crippen LogP contribution in [-0.2, 0) is 13.1 Å². The van der Waals surface area contributed by atoms with Gasteiger partial charge in [-0.05, 0) is 22.2 Å². The van der Waals surface area contributed by atoms with Crippen LogP contribution in [0.1, 0.15) is 11.4 Å². The van der Waals surface area contributed by atoms with E-state index >= 15 is 0 Å². The summed E-state index contributed by atoms with van der Waals surface area (Å²) in [5, 5.41) is 3.57. The van der Waals surface area contributed by atoms with E-state index in [0.717, 1.165) is 5.82 Å². The van der Waals surface area contributed by atoms with Crippen LogP contribution in [0.2, 0.25) is 0 Å². The molecule has 0 aliphatic heterocycles. The first-order chi connectivity index (χ1) is 10.9. The molecule has 0 atom stereocenters. The second-order valence-corrected chi connectivity index (χ2v) is 4.92. The van der Waals surface area contributed by atoms with Crippen LogP contribution < -0.4 is 0 Å². The standard InChI is InChI=1S/C17H15N5/c18-21-20-12-17-19-10-11-22(17)13-14-6-8-16(9-7-14)15-4-2-1-3-5-15/h1-11H,12-13H2. The number of imidazole rings is 1. The Balaban J connectivity index is 1.77. The first-order valence-electron chi connectivity index (χ1n) is 7.02. The van der Waals surface area contributed by atoms with E-state index in [-0.39, 0.29) is 6.54 Å². The first-order valence-corrected chi connectivity index (χ1v) is 7.02. The van der Waals surface area contributed by atoms with Gasteiger partial charge in [0.15, 0.2) is 0 Å². The van der Waals surface area contributed by atoms with E-state index in [1.807, 2.05) is 29.0 Å². The molecule has 0 saturated carbocycles. The van der Waals surface area contributed by atoms with Crippen molar-refractivity contribution in [3.8, 4) is 11.1 Å². The number of aromatic nitrogens is 2. The Morgan fingerprint density at radius 1 is 1.00 bits per heavy atom. The van der Waals surface area contributed by atoms with E-state index in [0.29, 0.717) is 6.54 Å². The van der Waals surface area contributed by atoms with Crippen molar-refractivity contribution >= 4 is 0 Å². The van der Waals surface area contributed by atoms with Gasteiger partial charge in [0, 0.05) is 23.9 Å². The van der Waals surface area contributed by atoms with Crippen molar-refractivity contribution in [2.24, 2.45) is 5.11 Å². The third-order valence-electron chi connectivity index (χ3n) is 3.49. The van der Waals surface area contributed by atoms with E-state index in [1.54, 1.807) is 6.20 Å². The number of benzene rings is 2. The van der Waals surface area contributed by atoms with Gasteiger partial charge in [0.25, 0.3) is 0 Å². The lowest BCUT2D eigenvalue weighted by Gasteiger charge is -2.08. The Bertz CT molecular complexity index is 783. The number of hydrogen-bond acceptors (Lipinski definition) is 2. The van der Waals surface area contributed by atoms with Crippen molar-refractivity contribution in [2.75, 3.05) is 0 Å². The maximum atomic E-state index is 8.41. The predicted molar refractivity (Wildman–Crippen MR) is 86.1 cm³/mol. The van der Waals surface area contributed by atoms with Gasteiger partial charge in [0.1, 0.15) is 5.82 Å². The molecule has 5 heteroatoms. The molecule has 0 N–H and O–H groups in total. The van der Waals surface area contributed by atoms with Gasteiger partial charge < -0.3 is 4.57 Å². The van der Waals surface area contributed by atoms with Crippen molar-refractivity contribution < 1.29 is 0 Å². The fourth-order valence-corrected chi connectivity index (χ4v) is 2.36. The summed E-state index contributed by atoms with van der Waals surface area (Å²) in [5.41, 5.74) is 12.0. The van der Waals surface area contributed by atoms with Crippen LogP contribution in [0.15, 0.2) is 72.1 Å². The second kappa shape index (κ2) is 6.61. The quantitative estimate of drug-likeness (QED) is 0.390. The van der Waals surface area contributed by atoms with Crippen LogP contribution in [0.25, 0.3) is 21.6 Å². The van der Waals surface area contributed by atoms with Crippen LogP contribution in [0.4, 0.5) is 0 Å². The van der Waals surface area contributed by atoms with Gasteiger partial charge >= 0.3 is 0 Å². The zero-order chi connectivity index (χ0) is 15.2. The topological polar surface area (TPSA) is 66.6 Å². The molecule has 1 heterocycles. The van der Waals surface area contributed by atoms with Crippen LogP contribution in [-0.4, -0.2) is 9.55 Å². The molecule has 5 nitrogen and oxygen atoms in total. The highest BCUT2D eigenvalue weighted by atomic mass is 15.2. The Morgan fingerprint density at radius 2 is 1.73 bits per heavy atom. The molecule has 0 saturated heterocycles. The number of azide groups is 1. The van der Waals surface area contributed by atoms with E-state index in [2.05, 4.69) is 51.4 Å². The maximum absolute atomic E-state index is 8.41. The Labute approximate surface area is 128 Å². The maximum Gasteiger partial charge on any atom is 0.114 e.